The van der Waals surface area contributed by atoms with E-state index < -0.39 is 0 Å². The fourth-order valence-electron chi connectivity index (χ4n) is 1.71. The van der Waals surface area contributed by atoms with Crippen molar-refractivity contribution in [2.75, 3.05) is 6.54 Å². The molecule has 0 bridgehead atoms. The van der Waals surface area contributed by atoms with Crippen LogP contribution >= 0.6 is 0 Å². The van der Waals surface area contributed by atoms with Crippen molar-refractivity contribution < 1.29 is 9.21 Å². The SMILES string of the molecule is Cc1ccoc1C(=O)NC(CN)C1CC1. The number of hydrogen-bond donors (Lipinski definition) is 2. The largest absolute Gasteiger partial charge is 0.459 e. The second kappa shape index (κ2) is 4.06. The van der Waals surface area contributed by atoms with Crippen LogP contribution in [0.5, 0.6) is 0 Å². The average Bonchev–Trinajstić information content (AvgIpc) is 2.97. The van der Waals surface area contributed by atoms with Crippen molar-refractivity contribution in [3.05, 3.63) is 23.7 Å². The highest BCUT2D eigenvalue weighted by molar-refractivity contribution is 5.93. The van der Waals surface area contributed by atoms with Gasteiger partial charge in [0.05, 0.1) is 6.26 Å². The zero-order valence-electron chi connectivity index (χ0n) is 8.82. The summed E-state index contributed by atoms with van der Waals surface area (Å²) in [5.74, 6) is 0.808. The van der Waals surface area contributed by atoms with Crippen molar-refractivity contribution in [3.63, 3.8) is 0 Å². The third kappa shape index (κ3) is 2.21. The minimum Gasteiger partial charge on any atom is -0.459 e. The van der Waals surface area contributed by atoms with Gasteiger partial charge < -0.3 is 15.5 Å². The maximum absolute atomic E-state index is 11.8. The summed E-state index contributed by atoms with van der Waals surface area (Å²) in [6.07, 6.45) is 3.86. The molecule has 1 amide bonds. The summed E-state index contributed by atoms with van der Waals surface area (Å²) in [6.45, 7) is 2.35. The normalized spacial score (nSPS) is 17.5. The van der Waals surface area contributed by atoms with Gasteiger partial charge in [0.2, 0.25) is 0 Å². The van der Waals surface area contributed by atoms with Gasteiger partial charge in [0.25, 0.3) is 5.91 Å². The lowest BCUT2D eigenvalue weighted by atomic mass is 10.1. The lowest BCUT2D eigenvalue weighted by molar-refractivity contribution is 0.0904. The van der Waals surface area contributed by atoms with E-state index in [0.717, 1.165) is 5.56 Å². The van der Waals surface area contributed by atoms with E-state index in [4.69, 9.17) is 10.2 Å². The summed E-state index contributed by atoms with van der Waals surface area (Å²) in [4.78, 5) is 11.8. The Morgan fingerprint density at radius 3 is 2.93 bits per heavy atom. The molecule has 0 radical (unpaired) electrons. The molecule has 1 aliphatic carbocycles. The number of carbonyl (C=O) groups is 1. The van der Waals surface area contributed by atoms with Crippen LogP contribution in [0.2, 0.25) is 0 Å². The monoisotopic (exact) mass is 208 g/mol. The van der Waals surface area contributed by atoms with Crippen LogP contribution in [0.3, 0.4) is 0 Å². The molecular weight excluding hydrogens is 192 g/mol. The van der Waals surface area contributed by atoms with Gasteiger partial charge in [-0.25, -0.2) is 0 Å². The zero-order chi connectivity index (χ0) is 10.8. The summed E-state index contributed by atoms with van der Waals surface area (Å²) < 4.78 is 5.12. The fraction of sp³-hybridized carbons (Fsp3) is 0.545. The van der Waals surface area contributed by atoms with Crippen molar-refractivity contribution in [3.8, 4) is 0 Å². The van der Waals surface area contributed by atoms with Crippen LogP contribution < -0.4 is 11.1 Å². The molecule has 0 spiro atoms. The van der Waals surface area contributed by atoms with E-state index in [0.29, 0.717) is 18.2 Å². The average molecular weight is 208 g/mol. The number of hydrogen-bond acceptors (Lipinski definition) is 3. The van der Waals surface area contributed by atoms with E-state index in [2.05, 4.69) is 5.32 Å². The molecular formula is C11H16N2O2. The van der Waals surface area contributed by atoms with Crippen molar-refractivity contribution in [2.24, 2.45) is 11.7 Å². The van der Waals surface area contributed by atoms with Gasteiger partial charge in [-0.05, 0) is 31.7 Å². The van der Waals surface area contributed by atoms with Gasteiger partial charge in [-0.2, -0.15) is 0 Å². The number of aryl methyl sites for hydroxylation is 1. The van der Waals surface area contributed by atoms with Crippen LogP contribution in [0.25, 0.3) is 0 Å². The van der Waals surface area contributed by atoms with Crippen LogP contribution in [0, 0.1) is 12.8 Å². The molecule has 1 aromatic rings. The van der Waals surface area contributed by atoms with E-state index >= 15 is 0 Å². The fourth-order valence-corrected chi connectivity index (χ4v) is 1.71. The Morgan fingerprint density at radius 1 is 1.73 bits per heavy atom. The summed E-state index contributed by atoms with van der Waals surface area (Å²) >= 11 is 0. The van der Waals surface area contributed by atoms with E-state index in [1.807, 2.05) is 6.92 Å². The quantitative estimate of drug-likeness (QED) is 0.777. The van der Waals surface area contributed by atoms with Crippen molar-refractivity contribution in [1.29, 1.82) is 0 Å². The smallest absolute Gasteiger partial charge is 0.287 e. The molecule has 4 heteroatoms. The Kier molecular flexibility index (Phi) is 2.77. The van der Waals surface area contributed by atoms with Gasteiger partial charge in [0.1, 0.15) is 0 Å². The second-order valence-electron chi connectivity index (χ2n) is 4.09. The number of nitrogens with two attached hydrogens (primary N) is 1. The second-order valence-corrected chi connectivity index (χ2v) is 4.09. The Balaban J connectivity index is 1.99. The van der Waals surface area contributed by atoms with Gasteiger partial charge in [0, 0.05) is 18.2 Å². The molecule has 3 N–H and O–H groups in total. The summed E-state index contributed by atoms with van der Waals surface area (Å²) in [5, 5.41) is 2.91. The van der Waals surface area contributed by atoms with Crippen molar-refractivity contribution >= 4 is 5.91 Å². The van der Waals surface area contributed by atoms with E-state index in [9.17, 15) is 4.79 Å². The number of nitrogens with one attached hydrogen (secondary N) is 1. The number of amides is 1. The van der Waals surface area contributed by atoms with Crippen LogP contribution in [-0.2, 0) is 0 Å². The summed E-state index contributed by atoms with van der Waals surface area (Å²) in [6, 6.07) is 1.88. The number of furan rings is 1. The van der Waals surface area contributed by atoms with Crippen molar-refractivity contribution in [1.82, 2.24) is 5.32 Å². The highest BCUT2D eigenvalue weighted by Crippen LogP contribution is 2.32. The summed E-state index contributed by atoms with van der Waals surface area (Å²) in [7, 11) is 0. The number of rotatable bonds is 4. The number of carbonyl (C=O) groups excluding carboxylic acids is 1. The summed E-state index contributed by atoms with van der Waals surface area (Å²) in [5.41, 5.74) is 6.47. The maximum atomic E-state index is 11.8. The standard InChI is InChI=1S/C11H16N2O2/c1-7-4-5-15-10(7)11(14)13-9(6-12)8-2-3-8/h4-5,8-9H,2-3,6,12H2,1H3,(H,13,14). The van der Waals surface area contributed by atoms with Crippen molar-refractivity contribution in [2.45, 2.75) is 25.8 Å². The van der Waals surface area contributed by atoms with Crippen LogP contribution in [0.4, 0.5) is 0 Å². The van der Waals surface area contributed by atoms with E-state index in [1.165, 1.54) is 19.1 Å². The first-order valence-corrected chi connectivity index (χ1v) is 5.27. The molecule has 1 aliphatic rings. The lowest BCUT2D eigenvalue weighted by Gasteiger charge is -2.15. The Bertz CT molecular complexity index is 355. The third-order valence-corrected chi connectivity index (χ3v) is 2.83. The molecule has 15 heavy (non-hydrogen) atoms. The molecule has 0 aromatic carbocycles. The van der Waals surface area contributed by atoms with Gasteiger partial charge >= 0.3 is 0 Å². The predicted octanol–water partition coefficient (Wildman–Crippen LogP) is 1.06. The first kappa shape index (κ1) is 10.2. The highest BCUT2D eigenvalue weighted by atomic mass is 16.3. The highest BCUT2D eigenvalue weighted by Gasteiger charge is 2.32. The first-order chi connectivity index (χ1) is 7.22. The third-order valence-electron chi connectivity index (χ3n) is 2.83. The molecule has 1 unspecified atom stereocenters. The maximum Gasteiger partial charge on any atom is 0.287 e. The molecule has 4 nitrogen and oxygen atoms in total. The molecule has 0 saturated heterocycles. The molecule has 82 valence electrons. The lowest BCUT2D eigenvalue weighted by Crippen LogP contribution is -2.41. The molecule has 1 fully saturated rings. The molecule has 1 saturated carbocycles. The van der Waals surface area contributed by atoms with Gasteiger partial charge in [-0.1, -0.05) is 0 Å². The van der Waals surface area contributed by atoms with Crippen LogP contribution in [-0.4, -0.2) is 18.5 Å². The van der Waals surface area contributed by atoms with Crippen LogP contribution in [0.15, 0.2) is 16.7 Å². The van der Waals surface area contributed by atoms with Gasteiger partial charge in [0.15, 0.2) is 5.76 Å². The molecule has 0 aliphatic heterocycles. The van der Waals surface area contributed by atoms with E-state index in [1.54, 1.807) is 6.07 Å². The van der Waals surface area contributed by atoms with E-state index in [-0.39, 0.29) is 11.9 Å². The molecule has 1 aromatic heterocycles. The Labute approximate surface area is 88.8 Å². The molecule has 1 atom stereocenters. The minimum atomic E-state index is -0.153. The predicted molar refractivity (Wildman–Crippen MR) is 56.5 cm³/mol. The zero-order valence-corrected chi connectivity index (χ0v) is 8.82. The Hall–Kier alpha value is -1.29. The first-order valence-electron chi connectivity index (χ1n) is 5.27. The van der Waals surface area contributed by atoms with Gasteiger partial charge in [-0.3, -0.25) is 4.79 Å². The Morgan fingerprint density at radius 2 is 2.47 bits per heavy atom. The topological polar surface area (TPSA) is 68.3 Å². The molecule has 2 rings (SSSR count). The molecule has 1 heterocycles. The minimum absolute atomic E-state index is 0.0991. The van der Waals surface area contributed by atoms with Crippen LogP contribution in [0.1, 0.15) is 29.0 Å². The van der Waals surface area contributed by atoms with Gasteiger partial charge in [-0.15, -0.1) is 0 Å².